The standard InChI is InChI=1S/C8H7ClN2/c9-6-7-2-1-5-11-8(7)3-4-10/h1-2,5H,3,6H2. The molecule has 0 radical (unpaired) electrons. The molecule has 56 valence electrons. The SMILES string of the molecule is N#CCc1ncccc1CCl. The first kappa shape index (κ1) is 8.03. The van der Waals surface area contributed by atoms with Crippen LogP contribution in [-0.4, -0.2) is 4.98 Å². The first-order chi connectivity index (χ1) is 5.38. The fourth-order valence-electron chi connectivity index (χ4n) is 0.827. The van der Waals surface area contributed by atoms with Crippen LogP contribution in [0.15, 0.2) is 18.3 Å². The molecule has 0 N–H and O–H groups in total. The largest absolute Gasteiger partial charge is 0.260 e. The topological polar surface area (TPSA) is 36.7 Å². The first-order valence-electron chi connectivity index (χ1n) is 3.24. The summed E-state index contributed by atoms with van der Waals surface area (Å²) in [7, 11) is 0. The molecule has 0 aromatic carbocycles. The molecule has 0 fully saturated rings. The van der Waals surface area contributed by atoms with Crippen LogP contribution >= 0.6 is 11.6 Å². The molecule has 0 spiro atoms. The van der Waals surface area contributed by atoms with Gasteiger partial charge < -0.3 is 0 Å². The van der Waals surface area contributed by atoms with E-state index in [-0.39, 0.29) is 0 Å². The highest BCUT2D eigenvalue weighted by Gasteiger charge is 1.99. The average Bonchev–Trinajstić information content (AvgIpc) is 2.06. The van der Waals surface area contributed by atoms with Gasteiger partial charge in [0, 0.05) is 12.1 Å². The molecule has 0 saturated heterocycles. The van der Waals surface area contributed by atoms with Gasteiger partial charge >= 0.3 is 0 Å². The second-order valence-corrected chi connectivity index (χ2v) is 2.35. The van der Waals surface area contributed by atoms with Crippen LogP contribution in [0, 0.1) is 11.3 Å². The summed E-state index contributed by atoms with van der Waals surface area (Å²) in [5, 5.41) is 8.41. The van der Waals surface area contributed by atoms with Crippen LogP contribution in [0.4, 0.5) is 0 Å². The van der Waals surface area contributed by atoms with Crippen molar-refractivity contribution in [2.45, 2.75) is 12.3 Å². The van der Waals surface area contributed by atoms with Crippen LogP contribution in [0.2, 0.25) is 0 Å². The monoisotopic (exact) mass is 166 g/mol. The molecular weight excluding hydrogens is 160 g/mol. The van der Waals surface area contributed by atoms with E-state index < -0.39 is 0 Å². The van der Waals surface area contributed by atoms with Gasteiger partial charge in [-0.05, 0) is 11.6 Å². The summed E-state index contributed by atoms with van der Waals surface area (Å²) in [6, 6.07) is 5.74. The quantitative estimate of drug-likeness (QED) is 0.630. The highest BCUT2D eigenvalue weighted by molar-refractivity contribution is 6.17. The predicted octanol–water partition coefficient (Wildman–Crippen LogP) is 1.89. The third-order valence-electron chi connectivity index (χ3n) is 1.37. The molecule has 1 aromatic heterocycles. The Kier molecular flexibility index (Phi) is 2.88. The summed E-state index contributed by atoms with van der Waals surface area (Å²) in [4.78, 5) is 4.03. The Bertz CT molecular complexity index is 278. The second-order valence-electron chi connectivity index (χ2n) is 2.08. The van der Waals surface area contributed by atoms with Gasteiger partial charge in [-0.3, -0.25) is 4.98 Å². The zero-order valence-corrected chi connectivity index (χ0v) is 6.67. The number of nitrogens with zero attached hydrogens (tertiary/aromatic N) is 2. The molecule has 0 amide bonds. The van der Waals surface area contributed by atoms with E-state index in [0.29, 0.717) is 12.3 Å². The maximum Gasteiger partial charge on any atom is 0.0777 e. The Labute approximate surface area is 70.4 Å². The Balaban J connectivity index is 2.94. The maximum absolute atomic E-state index is 8.41. The summed E-state index contributed by atoms with van der Waals surface area (Å²) < 4.78 is 0. The van der Waals surface area contributed by atoms with Gasteiger partial charge in [-0.2, -0.15) is 5.26 Å². The summed E-state index contributed by atoms with van der Waals surface area (Å²) in [6.07, 6.45) is 2.01. The van der Waals surface area contributed by atoms with E-state index in [0.717, 1.165) is 11.3 Å². The van der Waals surface area contributed by atoms with Crippen LogP contribution < -0.4 is 0 Å². The molecule has 2 nitrogen and oxygen atoms in total. The number of rotatable bonds is 2. The van der Waals surface area contributed by atoms with Crippen LogP contribution in [0.3, 0.4) is 0 Å². The smallest absolute Gasteiger partial charge is 0.0777 e. The summed E-state index contributed by atoms with van der Waals surface area (Å²) >= 11 is 5.62. The lowest BCUT2D eigenvalue weighted by Crippen LogP contribution is -1.93. The molecule has 0 aliphatic heterocycles. The minimum atomic E-state index is 0.336. The number of hydrogen-bond acceptors (Lipinski definition) is 2. The lowest BCUT2D eigenvalue weighted by Gasteiger charge is -1.99. The minimum absolute atomic E-state index is 0.336. The summed E-state index contributed by atoms with van der Waals surface area (Å²) in [5.41, 5.74) is 1.72. The van der Waals surface area contributed by atoms with Crippen LogP contribution in [0.1, 0.15) is 11.3 Å². The molecule has 0 unspecified atom stereocenters. The van der Waals surface area contributed by atoms with Gasteiger partial charge in [-0.15, -0.1) is 11.6 Å². The van der Waals surface area contributed by atoms with Gasteiger partial charge in [0.05, 0.1) is 18.2 Å². The highest BCUT2D eigenvalue weighted by atomic mass is 35.5. The fourth-order valence-corrected chi connectivity index (χ4v) is 1.07. The molecule has 1 rings (SSSR count). The zero-order chi connectivity index (χ0) is 8.10. The van der Waals surface area contributed by atoms with E-state index in [4.69, 9.17) is 16.9 Å². The Morgan fingerprint density at radius 1 is 1.64 bits per heavy atom. The summed E-state index contributed by atoms with van der Waals surface area (Å²) in [5.74, 6) is 0.421. The number of hydrogen-bond donors (Lipinski definition) is 0. The normalized spacial score (nSPS) is 9.09. The van der Waals surface area contributed by atoms with Crippen molar-refractivity contribution in [3.63, 3.8) is 0 Å². The average molecular weight is 167 g/mol. The van der Waals surface area contributed by atoms with E-state index in [1.54, 1.807) is 6.20 Å². The molecular formula is C8H7ClN2. The number of pyridine rings is 1. The zero-order valence-electron chi connectivity index (χ0n) is 5.92. The van der Waals surface area contributed by atoms with E-state index >= 15 is 0 Å². The van der Waals surface area contributed by atoms with Crippen LogP contribution in [0.5, 0.6) is 0 Å². The second kappa shape index (κ2) is 3.95. The molecule has 0 saturated carbocycles. The van der Waals surface area contributed by atoms with Crippen LogP contribution in [0.25, 0.3) is 0 Å². The lowest BCUT2D eigenvalue weighted by molar-refractivity contribution is 1.07. The van der Waals surface area contributed by atoms with Gasteiger partial charge in [0.1, 0.15) is 0 Å². The Morgan fingerprint density at radius 2 is 2.45 bits per heavy atom. The molecule has 0 aliphatic carbocycles. The molecule has 0 aliphatic rings. The number of halogens is 1. The molecule has 3 heteroatoms. The van der Waals surface area contributed by atoms with Gasteiger partial charge in [-0.25, -0.2) is 0 Å². The fraction of sp³-hybridized carbons (Fsp3) is 0.250. The van der Waals surface area contributed by atoms with Crippen molar-refractivity contribution in [3.05, 3.63) is 29.6 Å². The Morgan fingerprint density at radius 3 is 3.09 bits per heavy atom. The van der Waals surface area contributed by atoms with E-state index in [2.05, 4.69) is 4.98 Å². The third-order valence-corrected chi connectivity index (χ3v) is 1.66. The van der Waals surface area contributed by atoms with Crippen molar-refractivity contribution in [3.8, 4) is 6.07 Å². The lowest BCUT2D eigenvalue weighted by atomic mass is 10.2. The molecule has 11 heavy (non-hydrogen) atoms. The van der Waals surface area contributed by atoms with Gasteiger partial charge in [0.2, 0.25) is 0 Å². The Hall–Kier alpha value is -1.07. The van der Waals surface area contributed by atoms with Crippen molar-refractivity contribution in [1.82, 2.24) is 4.98 Å². The van der Waals surface area contributed by atoms with Crippen molar-refractivity contribution in [1.29, 1.82) is 5.26 Å². The summed E-state index contributed by atoms with van der Waals surface area (Å²) in [6.45, 7) is 0. The predicted molar refractivity (Wildman–Crippen MR) is 43.1 cm³/mol. The molecule has 0 bridgehead atoms. The van der Waals surface area contributed by atoms with Crippen molar-refractivity contribution >= 4 is 11.6 Å². The van der Waals surface area contributed by atoms with Crippen molar-refractivity contribution < 1.29 is 0 Å². The van der Waals surface area contributed by atoms with Crippen molar-refractivity contribution in [2.75, 3.05) is 0 Å². The molecule has 1 heterocycles. The first-order valence-corrected chi connectivity index (χ1v) is 3.77. The number of nitriles is 1. The number of aromatic nitrogens is 1. The van der Waals surface area contributed by atoms with Crippen LogP contribution in [-0.2, 0) is 12.3 Å². The van der Waals surface area contributed by atoms with E-state index in [1.807, 2.05) is 18.2 Å². The minimum Gasteiger partial charge on any atom is -0.260 e. The van der Waals surface area contributed by atoms with Gasteiger partial charge in [0.15, 0.2) is 0 Å². The van der Waals surface area contributed by atoms with E-state index in [1.165, 1.54) is 0 Å². The maximum atomic E-state index is 8.41. The van der Waals surface area contributed by atoms with Gasteiger partial charge in [0.25, 0.3) is 0 Å². The van der Waals surface area contributed by atoms with Gasteiger partial charge in [-0.1, -0.05) is 6.07 Å². The third kappa shape index (κ3) is 1.92. The highest BCUT2D eigenvalue weighted by Crippen LogP contribution is 2.08. The molecule has 1 aromatic rings. The van der Waals surface area contributed by atoms with E-state index in [9.17, 15) is 0 Å². The molecule has 0 atom stereocenters. The van der Waals surface area contributed by atoms with Crippen molar-refractivity contribution in [2.24, 2.45) is 0 Å². The number of alkyl halides is 1.